The van der Waals surface area contributed by atoms with E-state index in [1.165, 1.54) is 0 Å². The van der Waals surface area contributed by atoms with E-state index in [1.807, 2.05) is 0 Å². The van der Waals surface area contributed by atoms with Gasteiger partial charge in [0.1, 0.15) is 5.75 Å². The molecule has 0 radical (unpaired) electrons. The third-order valence-corrected chi connectivity index (χ3v) is 2.26. The first-order valence-corrected chi connectivity index (χ1v) is 5.86. The van der Waals surface area contributed by atoms with E-state index in [0.29, 0.717) is 25.2 Å². The number of carbonyl (C=O) groups is 2. The second-order valence-corrected chi connectivity index (χ2v) is 3.77. The molecule has 0 aromatic heterocycles. The van der Waals surface area contributed by atoms with Gasteiger partial charge in [0.25, 0.3) is 0 Å². The van der Waals surface area contributed by atoms with Gasteiger partial charge >= 0.3 is 5.97 Å². The van der Waals surface area contributed by atoms with E-state index in [2.05, 4.69) is 5.32 Å². The number of hydrogen-bond donors (Lipinski definition) is 2. The van der Waals surface area contributed by atoms with E-state index in [9.17, 15) is 9.59 Å². The number of carboxylic acid groups (broad SMARTS) is 1. The predicted molar refractivity (Wildman–Crippen MR) is 67.7 cm³/mol. The Morgan fingerprint density at radius 1 is 1.28 bits per heavy atom. The van der Waals surface area contributed by atoms with Gasteiger partial charge in [-0.05, 0) is 30.7 Å². The van der Waals surface area contributed by atoms with Crippen molar-refractivity contribution in [1.29, 1.82) is 0 Å². The van der Waals surface area contributed by atoms with E-state index >= 15 is 0 Å². The summed E-state index contributed by atoms with van der Waals surface area (Å²) in [4.78, 5) is 21.4. The molecular weight excluding hydrogens is 234 g/mol. The number of carbonyl (C=O) groups excluding carboxylic acids is 1. The van der Waals surface area contributed by atoms with Crippen LogP contribution in [-0.4, -0.2) is 23.6 Å². The molecule has 0 heterocycles. The summed E-state index contributed by atoms with van der Waals surface area (Å²) < 4.78 is 5.37. The minimum atomic E-state index is -0.823. The van der Waals surface area contributed by atoms with Gasteiger partial charge in [0.2, 0.25) is 5.91 Å². The highest BCUT2D eigenvalue weighted by Gasteiger charge is 2.00. The predicted octanol–water partition coefficient (Wildman–Crippen LogP) is 2.28. The van der Waals surface area contributed by atoms with Crippen molar-refractivity contribution < 1.29 is 19.4 Å². The molecule has 5 nitrogen and oxygen atoms in total. The maximum Gasteiger partial charge on any atom is 0.303 e. The quantitative estimate of drug-likeness (QED) is 0.729. The van der Waals surface area contributed by atoms with Crippen molar-refractivity contribution in [1.82, 2.24) is 0 Å². The van der Waals surface area contributed by atoms with Crippen LogP contribution in [0.3, 0.4) is 0 Å². The Morgan fingerprint density at radius 3 is 2.50 bits per heavy atom. The number of hydrogen-bond acceptors (Lipinski definition) is 3. The number of anilines is 1. The smallest absolute Gasteiger partial charge is 0.303 e. The van der Waals surface area contributed by atoms with Gasteiger partial charge in [-0.3, -0.25) is 9.59 Å². The second-order valence-electron chi connectivity index (χ2n) is 3.77. The standard InChI is InChI=1S/C13H17NO4/c1-2-12(15)14-10-5-7-11(8-6-10)18-9-3-4-13(16)17/h5-8H,2-4,9H2,1H3,(H,14,15)(H,16,17). The monoisotopic (exact) mass is 251 g/mol. The van der Waals surface area contributed by atoms with Crippen molar-refractivity contribution in [2.45, 2.75) is 26.2 Å². The number of amides is 1. The molecule has 2 N–H and O–H groups in total. The van der Waals surface area contributed by atoms with Crippen LogP contribution in [0.1, 0.15) is 26.2 Å². The molecule has 0 atom stereocenters. The first kappa shape index (κ1) is 14.0. The molecule has 1 amide bonds. The molecule has 0 bridgehead atoms. The lowest BCUT2D eigenvalue weighted by Gasteiger charge is -2.07. The number of ether oxygens (including phenoxy) is 1. The fourth-order valence-electron chi connectivity index (χ4n) is 1.30. The van der Waals surface area contributed by atoms with Crippen LogP contribution < -0.4 is 10.1 Å². The third-order valence-electron chi connectivity index (χ3n) is 2.26. The summed E-state index contributed by atoms with van der Waals surface area (Å²) >= 11 is 0. The Morgan fingerprint density at radius 2 is 1.94 bits per heavy atom. The molecule has 1 rings (SSSR count). The van der Waals surface area contributed by atoms with Crippen molar-refractivity contribution in [3.8, 4) is 5.75 Å². The number of aliphatic carboxylic acids is 1. The summed E-state index contributed by atoms with van der Waals surface area (Å²) in [6.45, 7) is 2.15. The van der Waals surface area contributed by atoms with Crippen LogP contribution in [0.5, 0.6) is 5.75 Å². The number of nitrogens with one attached hydrogen (secondary N) is 1. The summed E-state index contributed by atoms with van der Waals surface area (Å²) in [5.74, 6) is -0.198. The van der Waals surface area contributed by atoms with Gasteiger partial charge in [0.05, 0.1) is 6.61 Å². The number of rotatable bonds is 7. The zero-order valence-corrected chi connectivity index (χ0v) is 10.3. The third kappa shape index (κ3) is 5.34. The van der Waals surface area contributed by atoms with E-state index in [-0.39, 0.29) is 12.3 Å². The molecule has 98 valence electrons. The highest BCUT2D eigenvalue weighted by Crippen LogP contribution is 2.16. The molecule has 18 heavy (non-hydrogen) atoms. The van der Waals surface area contributed by atoms with Gasteiger partial charge in [-0.2, -0.15) is 0 Å². The summed E-state index contributed by atoms with van der Waals surface area (Å²) in [5.41, 5.74) is 0.722. The Bertz CT molecular complexity index is 400. The van der Waals surface area contributed by atoms with Crippen LogP contribution >= 0.6 is 0 Å². The van der Waals surface area contributed by atoms with Crippen LogP contribution in [0.2, 0.25) is 0 Å². The minimum Gasteiger partial charge on any atom is -0.494 e. The Balaban J connectivity index is 2.36. The Kier molecular flexibility index (Phi) is 5.70. The highest BCUT2D eigenvalue weighted by atomic mass is 16.5. The normalized spacial score (nSPS) is 9.83. The van der Waals surface area contributed by atoms with Gasteiger partial charge in [0.15, 0.2) is 0 Å². The molecule has 0 aliphatic rings. The lowest BCUT2D eigenvalue weighted by Crippen LogP contribution is -2.09. The van der Waals surface area contributed by atoms with Crippen LogP contribution in [0.4, 0.5) is 5.69 Å². The molecule has 0 unspecified atom stereocenters. The van der Waals surface area contributed by atoms with Gasteiger partial charge in [-0.15, -0.1) is 0 Å². The molecule has 0 aliphatic heterocycles. The van der Waals surface area contributed by atoms with E-state index in [4.69, 9.17) is 9.84 Å². The van der Waals surface area contributed by atoms with Crippen molar-refractivity contribution >= 4 is 17.6 Å². The van der Waals surface area contributed by atoms with E-state index in [0.717, 1.165) is 5.69 Å². The molecule has 0 fully saturated rings. The summed E-state index contributed by atoms with van der Waals surface area (Å²) in [5, 5.41) is 11.2. The average Bonchev–Trinajstić information content (AvgIpc) is 2.36. The fraction of sp³-hybridized carbons (Fsp3) is 0.385. The van der Waals surface area contributed by atoms with Gasteiger partial charge < -0.3 is 15.2 Å². The first-order chi connectivity index (χ1) is 8.61. The van der Waals surface area contributed by atoms with Crippen molar-refractivity contribution in [3.63, 3.8) is 0 Å². The Labute approximate surface area is 106 Å². The molecule has 0 saturated heterocycles. The van der Waals surface area contributed by atoms with E-state index < -0.39 is 5.97 Å². The zero-order chi connectivity index (χ0) is 13.4. The maximum atomic E-state index is 11.1. The average molecular weight is 251 g/mol. The molecule has 1 aromatic carbocycles. The number of carboxylic acids is 1. The number of benzene rings is 1. The summed E-state index contributed by atoms with van der Waals surface area (Å²) in [7, 11) is 0. The van der Waals surface area contributed by atoms with Crippen molar-refractivity contribution in [2.75, 3.05) is 11.9 Å². The topological polar surface area (TPSA) is 75.6 Å². The lowest BCUT2D eigenvalue weighted by molar-refractivity contribution is -0.137. The zero-order valence-electron chi connectivity index (χ0n) is 10.3. The van der Waals surface area contributed by atoms with Crippen LogP contribution in [0, 0.1) is 0 Å². The molecule has 0 spiro atoms. The molecule has 1 aromatic rings. The Hall–Kier alpha value is -2.04. The first-order valence-electron chi connectivity index (χ1n) is 5.86. The maximum absolute atomic E-state index is 11.1. The van der Waals surface area contributed by atoms with Crippen LogP contribution in [-0.2, 0) is 9.59 Å². The summed E-state index contributed by atoms with van der Waals surface area (Å²) in [6, 6.07) is 6.98. The highest BCUT2D eigenvalue weighted by molar-refractivity contribution is 5.90. The van der Waals surface area contributed by atoms with Gasteiger partial charge in [-0.25, -0.2) is 0 Å². The second kappa shape index (κ2) is 7.32. The van der Waals surface area contributed by atoms with Crippen LogP contribution in [0.15, 0.2) is 24.3 Å². The van der Waals surface area contributed by atoms with E-state index in [1.54, 1.807) is 31.2 Å². The largest absolute Gasteiger partial charge is 0.494 e. The molecule has 0 saturated carbocycles. The van der Waals surface area contributed by atoms with Crippen LogP contribution in [0.25, 0.3) is 0 Å². The fourth-order valence-corrected chi connectivity index (χ4v) is 1.30. The van der Waals surface area contributed by atoms with Crippen molar-refractivity contribution in [2.24, 2.45) is 0 Å². The minimum absolute atomic E-state index is 0.0369. The summed E-state index contributed by atoms with van der Waals surface area (Å²) in [6.07, 6.45) is 1.02. The van der Waals surface area contributed by atoms with Gasteiger partial charge in [-0.1, -0.05) is 6.92 Å². The molecular formula is C13H17NO4. The van der Waals surface area contributed by atoms with Gasteiger partial charge in [0, 0.05) is 18.5 Å². The lowest BCUT2D eigenvalue weighted by atomic mass is 10.3. The molecule has 0 aliphatic carbocycles. The van der Waals surface area contributed by atoms with Crippen molar-refractivity contribution in [3.05, 3.63) is 24.3 Å². The molecule has 5 heteroatoms. The SMILES string of the molecule is CCC(=O)Nc1ccc(OCCCC(=O)O)cc1.